The Morgan fingerprint density at radius 2 is 2.05 bits per heavy atom. The van der Waals surface area contributed by atoms with Gasteiger partial charge >= 0.3 is 5.97 Å². The Labute approximate surface area is 123 Å². The molecular weight excluding hydrogens is 278 g/mol. The van der Waals surface area contributed by atoms with Crippen molar-refractivity contribution in [2.45, 2.75) is 46.1 Å². The van der Waals surface area contributed by atoms with Crippen LogP contribution in [-0.2, 0) is 4.79 Å². The van der Waals surface area contributed by atoms with Crippen LogP contribution in [0.1, 0.15) is 54.6 Å². The van der Waals surface area contributed by atoms with Gasteiger partial charge in [-0.25, -0.2) is 4.79 Å². The molecule has 1 unspecified atom stereocenters. The first-order chi connectivity index (χ1) is 9.36. The minimum absolute atomic E-state index is 0.142. The summed E-state index contributed by atoms with van der Waals surface area (Å²) in [4.78, 5) is 24.0. The summed E-state index contributed by atoms with van der Waals surface area (Å²) in [5.74, 6) is -0.774. The Balaban J connectivity index is 2.85. The summed E-state index contributed by atoms with van der Waals surface area (Å²) in [5, 5.41) is 11.9. The summed E-state index contributed by atoms with van der Waals surface area (Å²) in [6.45, 7) is 8.13. The molecule has 0 aromatic carbocycles. The van der Waals surface area contributed by atoms with E-state index < -0.39 is 12.1 Å². The maximum absolute atomic E-state index is 11.7. The fourth-order valence-electron chi connectivity index (χ4n) is 1.55. The lowest BCUT2D eigenvalue weighted by atomic mass is 10.2. The number of nitrogens with one attached hydrogen (secondary N) is 1. The van der Waals surface area contributed by atoms with Crippen molar-refractivity contribution < 1.29 is 19.4 Å². The zero-order valence-electron chi connectivity index (χ0n) is 12.2. The van der Waals surface area contributed by atoms with Gasteiger partial charge < -0.3 is 15.2 Å². The lowest BCUT2D eigenvalue weighted by Crippen LogP contribution is -2.36. The highest BCUT2D eigenvalue weighted by molar-refractivity contribution is 7.14. The molecule has 0 radical (unpaired) electrons. The summed E-state index contributed by atoms with van der Waals surface area (Å²) in [6, 6.07) is 1.71. The zero-order chi connectivity index (χ0) is 15.3. The van der Waals surface area contributed by atoms with Gasteiger partial charge in [0, 0.05) is 11.4 Å². The Bertz CT molecular complexity index is 482. The van der Waals surface area contributed by atoms with Crippen LogP contribution < -0.4 is 10.1 Å². The van der Waals surface area contributed by atoms with Crippen LogP contribution in [0.15, 0.2) is 6.07 Å². The summed E-state index contributed by atoms with van der Waals surface area (Å²) in [5.41, 5.74) is 0. The van der Waals surface area contributed by atoms with Gasteiger partial charge in [0.25, 0.3) is 5.91 Å². The van der Waals surface area contributed by atoms with Crippen LogP contribution in [0.5, 0.6) is 5.75 Å². The molecule has 0 bridgehead atoms. The standard InChI is InChI=1S/C14H21NO4S/c1-5-6-15-13(16)9(4)19-10-7-11(8(2)3)20-12(10)14(17)18/h7-9H,5-6H2,1-4H3,(H,15,16)(H,17,18). The first-order valence-corrected chi connectivity index (χ1v) is 7.49. The number of carbonyl (C=O) groups is 2. The number of carboxylic acid groups (broad SMARTS) is 1. The van der Waals surface area contributed by atoms with Crippen molar-refractivity contribution in [1.29, 1.82) is 0 Å². The molecule has 0 aliphatic carbocycles. The van der Waals surface area contributed by atoms with E-state index in [1.165, 1.54) is 11.3 Å². The number of amides is 1. The van der Waals surface area contributed by atoms with E-state index in [1.54, 1.807) is 13.0 Å². The van der Waals surface area contributed by atoms with Gasteiger partial charge in [0.05, 0.1) is 0 Å². The average molecular weight is 299 g/mol. The number of rotatable bonds is 7. The fourth-order valence-corrected chi connectivity index (χ4v) is 2.48. The second kappa shape index (κ2) is 7.28. The van der Waals surface area contributed by atoms with Crippen molar-refractivity contribution in [3.05, 3.63) is 15.8 Å². The number of carbonyl (C=O) groups excluding carboxylic acids is 1. The first-order valence-electron chi connectivity index (χ1n) is 6.68. The van der Waals surface area contributed by atoms with E-state index in [-0.39, 0.29) is 22.5 Å². The number of ether oxygens (including phenoxy) is 1. The molecule has 0 aliphatic rings. The summed E-state index contributed by atoms with van der Waals surface area (Å²) in [6.07, 6.45) is 0.128. The van der Waals surface area contributed by atoms with E-state index in [0.717, 1.165) is 11.3 Å². The smallest absolute Gasteiger partial charge is 0.349 e. The quantitative estimate of drug-likeness (QED) is 0.811. The average Bonchev–Trinajstić information content (AvgIpc) is 2.80. The van der Waals surface area contributed by atoms with E-state index >= 15 is 0 Å². The molecule has 1 aromatic heterocycles. The van der Waals surface area contributed by atoms with Gasteiger partial charge in [0.2, 0.25) is 0 Å². The second-order valence-corrected chi connectivity index (χ2v) is 5.94. The van der Waals surface area contributed by atoms with Crippen LogP contribution in [0.25, 0.3) is 0 Å². The molecule has 20 heavy (non-hydrogen) atoms. The Morgan fingerprint density at radius 3 is 2.55 bits per heavy atom. The minimum atomic E-state index is -1.03. The highest BCUT2D eigenvalue weighted by atomic mass is 32.1. The number of thiophene rings is 1. The van der Waals surface area contributed by atoms with E-state index in [4.69, 9.17) is 4.74 Å². The minimum Gasteiger partial charge on any atom is -0.479 e. The molecule has 1 amide bonds. The van der Waals surface area contributed by atoms with Crippen LogP contribution in [0, 0.1) is 0 Å². The summed E-state index contributed by atoms with van der Waals surface area (Å²) in [7, 11) is 0. The molecule has 5 nitrogen and oxygen atoms in total. The maximum Gasteiger partial charge on any atom is 0.349 e. The second-order valence-electron chi connectivity index (χ2n) is 4.85. The Morgan fingerprint density at radius 1 is 1.40 bits per heavy atom. The molecule has 2 N–H and O–H groups in total. The largest absolute Gasteiger partial charge is 0.479 e. The van der Waals surface area contributed by atoms with Crippen molar-refractivity contribution in [1.82, 2.24) is 5.32 Å². The molecule has 0 fully saturated rings. The fraction of sp³-hybridized carbons (Fsp3) is 0.571. The number of hydrogen-bond acceptors (Lipinski definition) is 4. The van der Waals surface area contributed by atoms with Crippen molar-refractivity contribution in [2.75, 3.05) is 6.54 Å². The number of carboxylic acids is 1. The van der Waals surface area contributed by atoms with Gasteiger partial charge in [0.15, 0.2) is 11.0 Å². The molecule has 0 saturated carbocycles. The van der Waals surface area contributed by atoms with Gasteiger partial charge in [-0.2, -0.15) is 0 Å². The molecular formula is C14H21NO4S. The van der Waals surface area contributed by atoms with Crippen LogP contribution in [0.4, 0.5) is 0 Å². The highest BCUT2D eigenvalue weighted by Crippen LogP contribution is 2.34. The monoisotopic (exact) mass is 299 g/mol. The van der Waals surface area contributed by atoms with Gasteiger partial charge in [-0.05, 0) is 25.3 Å². The molecule has 1 aromatic rings. The predicted octanol–water partition coefficient (Wildman–Crippen LogP) is 2.86. The number of aromatic carboxylic acids is 1. The Kier molecular flexibility index (Phi) is 6.01. The van der Waals surface area contributed by atoms with Crippen LogP contribution in [-0.4, -0.2) is 29.6 Å². The molecule has 1 heterocycles. The molecule has 1 atom stereocenters. The molecule has 1 rings (SSSR count). The van der Waals surface area contributed by atoms with E-state index in [1.807, 2.05) is 20.8 Å². The molecule has 0 aliphatic heterocycles. The molecule has 0 spiro atoms. The number of hydrogen-bond donors (Lipinski definition) is 2. The summed E-state index contributed by atoms with van der Waals surface area (Å²) >= 11 is 1.19. The van der Waals surface area contributed by atoms with Crippen LogP contribution in [0.2, 0.25) is 0 Å². The van der Waals surface area contributed by atoms with Gasteiger partial charge in [-0.1, -0.05) is 20.8 Å². The lowest BCUT2D eigenvalue weighted by Gasteiger charge is -2.13. The highest BCUT2D eigenvalue weighted by Gasteiger charge is 2.22. The van der Waals surface area contributed by atoms with Crippen molar-refractivity contribution >= 4 is 23.2 Å². The predicted molar refractivity (Wildman–Crippen MR) is 78.8 cm³/mol. The van der Waals surface area contributed by atoms with Crippen molar-refractivity contribution in [3.63, 3.8) is 0 Å². The zero-order valence-corrected chi connectivity index (χ0v) is 13.0. The van der Waals surface area contributed by atoms with E-state index in [2.05, 4.69) is 5.32 Å². The van der Waals surface area contributed by atoms with Gasteiger partial charge in [-0.3, -0.25) is 4.79 Å². The summed E-state index contributed by atoms with van der Waals surface area (Å²) < 4.78 is 5.51. The third kappa shape index (κ3) is 4.23. The Hall–Kier alpha value is -1.56. The SMILES string of the molecule is CCCNC(=O)C(C)Oc1cc(C(C)C)sc1C(=O)O. The van der Waals surface area contributed by atoms with Crippen molar-refractivity contribution in [3.8, 4) is 5.75 Å². The lowest BCUT2D eigenvalue weighted by molar-refractivity contribution is -0.127. The van der Waals surface area contributed by atoms with Crippen molar-refractivity contribution in [2.24, 2.45) is 0 Å². The third-order valence-corrected chi connectivity index (χ3v) is 4.11. The van der Waals surface area contributed by atoms with Crippen LogP contribution in [0.3, 0.4) is 0 Å². The van der Waals surface area contributed by atoms with Crippen LogP contribution >= 0.6 is 11.3 Å². The molecule has 0 saturated heterocycles. The maximum atomic E-state index is 11.7. The topological polar surface area (TPSA) is 75.6 Å². The van der Waals surface area contributed by atoms with E-state index in [0.29, 0.717) is 6.54 Å². The normalized spacial score (nSPS) is 12.2. The molecule has 6 heteroatoms. The third-order valence-electron chi connectivity index (χ3n) is 2.70. The van der Waals surface area contributed by atoms with E-state index in [9.17, 15) is 14.7 Å². The van der Waals surface area contributed by atoms with Gasteiger partial charge in [0.1, 0.15) is 5.75 Å². The first kappa shape index (κ1) is 16.5. The van der Waals surface area contributed by atoms with Gasteiger partial charge in [-0.15, -0.1) is 11.3 Å². The molecule has 112 valence electrons.